The highest BCUT2D eigenvalue weighted by Crippen LogP contribution is 2.70. The highest BCUT2D eigenvalue weighted by molar-refractivity contribution is 5.89. The minimum absolute atomic E-state index is 0.105. The monoisotopic (exact) mass is 258 g/mol. The summed E-state index contributed by atoms with van der Waals surface area (Å²) in [6.45, 7) is 6.84. The van der Waals surface area contributed by atoms with E-state index in [1.807, 2.05) is 30.3 Å². The molecule has 2 aliphatic carbocycles. The van der Waals surface area contributed by atoms with Crippen molar-refractivity contribution in [2.75, 3.05) is 0 Å². The van der Waals surface area contributed by atoms with Gasteiger partial charge in [-0.3, -0.25) is 0 Å². The van der Waals surface area contributed by atoms with Crippen molar-refractivity contribution in [1.29, 1.82) is 0 Å². The number of ether oxygens (including phenoxy) is 1. The van der Waals surface area contributed by atoms with Gasteiger partial charge in [-0.05, 0) is 48.1 Å². The highest BCUT2D eigenvalue weighted by atomic mass is 16.5. The quantitative estimate of drug-likeness (QED) is 0.768. The minimum Gasteiger partial charge on any atom is -0.458 e. The molecule has 0 spiro atoms. The Balaban J connectivity index is 1.68. The molecular formula is C17H22O2. The van der Waals surface area contributed by atoms with Crippen LogP contribution in [0.4, 0.5) is 0 Å². The first kappa shape index (κ1) is 12.7. The van der Waals surface area contributed by atoms with E-state index in [2.05, 4.69) is 20.8 Å². The summed E-state index contributed by atoms with van der Waals surface area (Å²) in [7, 11) is 0. The van der Waals surface area contributed by atoms with E-state index >= 15 is 0 Å². The molecular weight excluding hydrogens is 236 g/mol. The van der Waals surface area contributed by atoms with Crippen LogP contribution >= 0.6 is 0 Å². The first-order chi connectivity index (χ1) is 9.04. The van der Waals surface area contributed by atoms with Crippen molar-refractivity contribution in [3.63, 3.8) is 0 Å². The van der Waals surface area contributed by atoms with Gasteiger partial charge >= 0.3 is 5.97 Å². The second-order valence-corrected chi connectivity index (χ2v) is 6.57. The van der Waals surface area contributed by atoms with Crippen molar-refractivity contribution in [3.05, 3.63) is 35.9 Å². The van der Waals surface area contributed by atoms with Crippen LogP contribution in [-0.4, -0.2) is 12.1 Å². The molecule has 102 valence electrons. The molecule has 2 nitrogen and oxygen atoms in total. The lowest BCUT2D eigenvalue weighted by atomic mass is 9.89. The number of fused-ring (bicyclic) bond motifs is 1. The van der Waals surface area contributed by atoms with Gasteiger partial charge in [0.1, 0.15) is 6.10 Å². The molecule has 4 atom stereocenters. The number of hydrogen-bond donors (Lipinski definition) is 0. The second kappa shape index (κ2) is 4.36. The van der Waals surface area contributed by atoms with Gasteiger partial charge in [-0.2, -0.15) is 0 Å². The molecule has 0 bridgehead atoms. The van der Waals surface area contributed by atoms with E-state index in [4.69, 9.17) is 4.74 Å². The Labute approximate surface area is 115 Å². The summed E-state index contributed by atoms with van der Waals surface area (Å²) < 4.78 is 5.75. The molecule has 2 saturated carbocycles. The fourth-order valence-corrected chi connectivity index (χ4v) is 3.94. The summed E-state index contributed by atoms with van der Waals surface area (Å²) in [5.74, 6) is 1.80. The Bertz CT molecular complexity index is 479. The lowest BCUT2D eigenvalue weighted by Gasteiger charge is -2.22. The van der Waals surface area contributed by atoms with E-state index in [-0.39, 0.29) is 12.1 Å². The number of carbonyl (C=O) groups is 1. The fraction of sp³-hybridized carbons (Fsp3) is 0.588. The number of esters is 1. The normalized spacial score (nSPS) is 36.1. The third-order valence-electron chi connectivity index (χ3n) is 5.40. The van der Waals surface area contributed by atoms with E-state index in [0.29, 0.717) is 22.8 Å². The Hall–Kier alpha value is -1.31. The molecule has 4 unspecified atom stereocenters. The largest absolute Gasteiger partial charge is 0.458 e. The molecule has 1 aromatic carbocycles. The number of hydrogen-bond acceptors (Lipinski definition) is 2. The minimum atomic E-state index is -0.169. The molecule has 2 heteroatoms. The molecule has 3 rings (SSSR count). The molecule has 0 heterocycles. The van der Waals surface area contributed by atoms with Crippen LogP contribution < -0.4 is 0 Å². The molecule has 0 N–H and O–H groups in total. The average molecular weight is 258 g/mol. The van der Waals surface area contributed by atoms with Gasteiger partial charge in [0.15, 0.2) is 0 Å². The van der Waals surface area contributed by atoms with Crippen LogP contribution in [0, 0.1) is 23.2 Å². The summed E-state index contributed by atoms with van der Waals surface area (Å²) in [6, 6.07) is 9.31. The zero-order chi connectivity index (χ0) is 13.6. The Morgan fingerprint density at radius 1 is 1.26 bits per heavy atom. The molecule has 0 amide bonds. The summed E-state index contributed by atoms with van der Waals surface area (Å²) in [5, 5.41) is 0. The second-order valence-electron chi connectivity index (χ2n) is 6.57. The van der Waals surface area contributed by atoms with Crippen LogP contribution in [0.25, 0.3) is 0 Å². The molecule has 1 aromatic rings. The lowest BCUT2D eigenvalue weighted by Crippen LogP contribution is -2.24. The van der Waals surface area contributed by atoms with Crippen LogP contribution in [0.5, 0.6) is 0 Å². The van der Waals surface area contributed by atoms with E-state index in [0.717, 1.165) is 12.3 Å². The SMILES string of the molecule is CC1C(OC(=O)c2ccccc2)CC2(C(C)C)CC12. The van der Waals surface area contributed by atoms with Gasteiger partial charge in [0.25, 0.3) is 0 Å². The van der Waals surface area contributed by atoms with Crippen LogP contribution in [0.1, 0.15) is 44.0 Å². The molecule has 2 fully saturated rings. The standard InChI is InChI=1S/C17H22O2/c1-11(2)17-9-14(17)12(3)15(10-17)19-16(18)13-7-5-4-6-8-13/h4-8,11-12,14-15H,9-10H2,1-3H3. The maximum atomic E-state index is 12.1. The Morgan fingerprint density at radius 3 is 2.53 bits per heavy atom. The molecule has 0 radical (unpaired) electrons. The molecule has 2 aliphatic rings. The van der Waals surface area contributed by atoms with Crippen molar-refractivity contribution in [3.8, 4) is 0 Å². The number of carbonyl (C=O) groups excluding carboxylic acids is 1. The number of rotatable bonds is 3. The third kappa shape index (κ3) is 1.98. The van der Waals surface area contributed by atoms with Gasteiger partial charge in [0.05, 0.1) is 5.56 Å². The molecule has 0 aliphatic heterocycles. The summed E-state index contributed by atoms with van der Waals surface area (Å²) in [4.78, 5) is 12.1. The lowest BCUT2D eigenvalue weighted by molar-refractivity contribution is 0.0159. The number of benzene rings is 1. The summed E-state index contributed by atoms with van der Waals surface area (Å²) in [6.07, 6.45) is 2.48. The van der Waals surface area contributed by atoms with Crippen molar-refractivity contribution in [2.24, 2.45) is 23.2 Å². The molecule has 0 aromatic heterocycles. The third-order valence-corrected chi connectivity index (χ3v) is 5.40. The van der Waals surface area contributed by atoms with Gasteiger partial charge in [-0.15, -0.1) is 0 Å². The van der Waals surface area contributed by atoms with Gasteiger partial charge in [-0.1, -0.05) is 39.0 Å². The zero-order valence-corrected chi connectivity index (χ0v) is 11.9. The maximum absolute atomic E-state index is 12.1. The summed E-state index contributed by atoms with van der Waals surface area (Å²) in [5.41, 5.74) is 1.12. The predicted molar refractivity (Wildman–Crippen MR) is 74.8 cm³/mol. The van der Waals surface area contributed by atoms with Crippen molar-refractivity contribution < 1.29 is 9.53 Å². The predicted octanol–water partition coefficient (Wildman–Crippen LogP) is 3.91. The first-order valence-electron chi connectivity index (χ1n) is 7.30. The molecule has 19 heavy (non-hydrogen) atoms. The van der Waals surface area contributed by atoms with Crippen LogP contribution in [0.2, 0.25) is 0 Å². The first-order valence-corrected chi connectivity index (χ1v) is 7.30. The Morgan fingerprint density at radius 2 is 1.95 bits per heavy atom. The van der Waals surface area contributed by atoms with Gasteiger partial charge in [-0.25, -0.2) is 4.79 Å². The zero-order valence-electron chi connectivity index (χ0n) is 11.9. The summed E-state index contributed by atoms with van der Waals surface area (Å²) >= 11 is 0. The smallest absolute Gasteiger partial charge is 0.338 e. The van der Waals surface area contributed by atoms with Gasteiger partial charge in [0.2, 0.25) is 0 Å². The van der Waals surface area contributed by atoms with E-state index < -0.39 is 0 Å². The maximum Gasteiger partial charge on any atom is 0.338 e. The van der Waals surface area contributed by atoms with Crippen molar-refractivity contribution in [1.82, 2.24) is 0 Å². The van der Waals surface area contributed by atoms with E-state index in [1.165, 1.54) is 6.42 Å². The van der Waals surface area contributed by atoms with E-state index in [1.54, 1.807) is 0 Å². The van der Waals surface area contributed by atoms with Gasteiger partial charge < -0.3 is 4.74 Å². The van der Waals surface area contributed by atoms with Crippen LogP contribution in [0.15, 0.2) is 30.3 Å². The van der Waals surface area contributed by atoms with E-state index in [9.17, 15) is 4.79 Å². The average Bonchev–Trinajstić information content (AvgIpc) is 3.08. The molecule has 0 saturated heterocycles. The Kier molecular flexibility index (Phi) is 2.92. The fourth-order valence-electron chi connectivity index (χ4n) is 3.94. The van der Waals surface area contributed by atoms with Crippen LogP contribution in [0.3, 0.4) is 0 Å². The van der Waals surface area contributed by atoms with Crippen molar-refractivity contribution in [2.45, 2.75) is 39.7 Å². The topological polar surface area (TPSA) is 26.3 Å². The van der Waals surface area contributed by atoms with Gasteiger partial charge in [0, 0.05) is 0 Å². The van der Waals surface area contributed by atoms with Crippen molar-refractivity contribution >= 4 is 5.97 Å². The van der Waals surface area contributed by atoms with Crippen LogP contribution in [-0.2, 0) is 4.74 Å². The highest BCUT2D eigenvalue weighted by Gasteiger charge is 2.65.